The minimum atomic E-state index is -0.202. The van der Waals surface area contributed by atoms with Crippen LogP contribution in [0.3, 0.4) is 0 Å². The molecule has 1 fully saturated rings. The van der Waals surface area contributed by atoms with E-state index < -0.39 is 0 Å². The van der Waals surface area contributed by atoms with Crippen molar-refractivity contribution in [2.75, 3.05) is 44.4 Å². The van der Waals surface area contributed by atoms with E-state index in [1.807, 2.05) is 23.9 Å². The van der Waals surface area contributed by atoms with Crippen molar-refractivity contribution in [2.45, 2.75) is 18.9 Å². The van der Waals surface area contributed by atoms with Gasteiger partial charge in [-0.25, -0.2) is 15.0 Å². The summed E-state index contributed by atoms with van der Waals surface area (Å²) in [4.78, 5) is 44.7. The van der Waals surface area contributed by atoms with E-state index in [-0.39, 0.29) is 17.9 Å². The molecule has 0 bridgehead atoms. The van der Waals surface area contributed by atoms with Crippen molar-refractivity contribution in [3.05, 3.63) is 65.7 Å². The van der Waals surface area contributed by atoms with Gasteiger partial charge in [0.15, 0.2) is 0 Å². The van der Waals surface area contributed by atoms with Crippen LogP contribution in [0.5, 0.6) is 0 Å². The first-order chi connectivity index (χ1) is 17.4. The van der Waals surface area contributed by atoms with Crippen LogP contribution >= 0.6 is 11.6 Å². The third-order valence-electron chi connectivity index (χ3n) is 5.74. The molecule has 3 N–H and O–H groups in total. The van der Waals surface area contributed by atoms with Crippen molar-refractivity contribution in [1.82, 2.24) is 29.7 Å². The second-order valence-corrected chi connectivity index (χ2v) is 9.19. The van der Waals surface area contributed by atoms with Gasteiger partial charge in [0.05, 0.1) is 17.5 Å². The third-order valence-corrected chi connectivity index (χ3v) is 6.02. The molecule has 0 spiro atoms. The van der Waals surface area contributed by atoms with Gasteiger partial charge in [-0.3, -0.25) is 9.59 Å². The molecule has 0 unspecified atom stereocenters. The lowest BCUT2D eigenvalue weighted by Crippen LogP contribution is -2.42. The first kappa shape index (κ1) is 25.3. The van der Waals surface area contributed by atoms with E-state index in [2.05, 4.69) is 30.6 Å². The number of aromatic nitrogens is 4. The van der Waals surface area contributed by atoms with E-state index in [1.165, 1.54) is 6.08 Å². The molecule has 4 rings (SSSR count). The summed E-state index contributed by atoms with van der Waals surface area (Å²) in [6, 6.07) is 7.11. The fraction of sp³-hybridized carbons (Fsp3) is 0.320. The van der Waals surface area contributed by atoms with E-state index in [0.29, 0.717) is 53.2 Å². The molecule has 1 aliphatic rings. The van der Waals surface area contributed by atoms with Gasteiger partial charge in [0.1, 0.15) is 11.4 Å². The Bertz CT molecular complexity index is 1200. The van der Waals surface area contributed by atoms with Crippen LogP contribution in [0, 0.1) is 0 Å². The fourth-order valence-electron chi connectivity index (χ4n) is 3.85. The highest BCUT2D eigenvalue weighted by Gasteiger charge is 2.24. The van der Waals surface area contributed by atoms with Gasteiger partial charge in [0.25, 0.3) is 5.91 Å². The molecule has 2 aromatic heterocycles. The van der Waals surface area contributed by atoms with Gasteiger partial charge in [-0.15, -0.1) is 0 Å². The largest absolute Gasteiger partial charge is 0.351 e. The highest BCUT2D eigenvalue weighted by molar-refractivity contribution is 6.32. The Morgan fingerprint density at radius 1 is 1.19 bits per heavy atom. The van der Waals surface area contributed by atoms with Crippen LogP contribution in [0.2, 0.25) is 5.02 Å². The smallest absolute Gasteiger partial charge is 0.253 e. The number of carbonyl (C=O) groups is 2. The number of likely N-dealkylation sites (tertiary alicyclic amines) is 1. The third kappa shape index (κ3) is 6.67. The van der Waals surface area contributed by atoms with Crippen LogP contribution < -0.4 is 10.6 Å². The normalized spacial score (nSPS) is 14.4. The molecule has 0 aliphatic carbocycles. The standard InChI is InChI=1S/C25H29ClN8O2/c1-33(2)11-3-4-22(35)30-18-7-5-17(6-8-18)24(36)34-12-9-19(10-13-34)31-25-28-14-20(26)23(32-25)21-15-27-16-29-21/h3-8,14-16,19H,9-13H2,1-2H3,(H,27,29)(H,30,35)(H,28,31,32). The van der Waals surface area contributed by atoms with Gasteiger partial charge in [0.2, 0.25) is 11.9 Å². The summed E-state index contributed by atoms with van der Waals surface area (Å²) < 4.78 is 0. The molecule has 3 heterocycles. The second kappa shape index (κ2) is 11.8. The summed E-state index contributed by atoms with van der Waals surface area (Å²) in [6.45, 7) is 1.92. The highest BCUT2D eigenvalue weighted by Crippen LogP contribution is 2.25. The number of hydrogen-bond acceptors (Lipinski definition) is 7. The number of aromatic amines is 1. The van der Waals surface area contributed by atoms with Gasteiger partial charge < -0.3 is 25.4 Å². The molecule has 0 saturated carbocycles. The lowest BCUT2D eigenvalue weighted by atomic mass is 10.0. The summed E-state index contributed by atoms with van der Waals surface area (Å²) in [5.41, 5.74) is 2.45. The van der Waals surface area contributed by atoms with Crippen LogP contribution in [-0.2, 0) is 4.79 Å². The lowest BCUT2D eigenvalue weighted by molar-refractivity contribution is -0.111. The Kier molecular flexibility index (Phi) is 8.29. The number of piperidine rings is 1. The van der Waals surface area contributed by atoms with Crippen LogP contribution in [-0.4, -0.2) is 81.3 Å². The Hall–Kier alpha value is -3.76. The number of amides is 2. The first-order valence-electron chi connectivity index (χ1n) is 11.7. The monoisotopic (exact) mass is 508 g/mol. The number of likely N-dealkylation sites (N-methyl/N-ethyl adjacent to an activating group) is 1. The summed E-state index contributed by atoms with van der Waals surface area (Å²) in [6.07, 6.45) is 9.69. The van der Waals surface area contributed by atoms with Gasteiger partial charge in [0, 0.05) is 49.2 Å². The molecule has 36 heavy (non-hydrogen) atoms. The van der Waals surface area contributed by atoms with Crippen molar-refractivity contribution in [1.29, 1.82) is 0 Å². The molecule has 0 atom stereocenters. The van der Waals surface area contributed by atoms with Crippen LogP contribution in [0.4, 0.5) is 11.6 Å². The number of rotatable bonds is 8. The Labute approximate surface area is 214 Å². The van der Waals surface area contributed by atoms with E-state index >= 15 is 0 Å². The van der Waals surface area contributed by atoms with Crippen molar-refractivity contribution in [2.24, 2.45) is 0 Å². The number of benzene rings is 1. The summed E-state index contributed by atoms with van der Waals surface area (Å²) in [5, 5.41) is 6.58. The number of hydrogen-bond donors (Lipinski definition) is 3. The number of nitrogens with one attached hydrogen (secondary N) is 3. The molecular formula is C25H29ClN8O2. The molecule has 2 amide bonds. The van der Waals surface area contributed by atoms with Crippen molar-refractivity contribution in [3.63, 3.8) is 0 Å². The van der Waals surface area contributed by atoms with Gasteiger partial charge >= 0.3 is 0 Å². The zero-order valence-electron chi connectivity index (χ0n) is 20.2. The van der Waals surface area contributed by atoms with E-state index in [0.717, 1.165) is 12.8 Å². The predicted molar refractivity (Wildman–Crippen MR) is 140 cm³/mol. The van der Waals surface area contributed by atoms with Crippen LogP contribution in [0.15, 0.2) is 55.1 Å². The Morgan fingerprint density at radius 3 is 2.61 bits per heavy atom. The number of halogens is 1. The Morgan fingerprint density at radius 2 is 1.94 bits per heavy atom. The molecular weight excluding hydrogens is 480 g/mol. The maximum Gasteiger partial charge on any atom is 0.253 e. The number of H-pyrrole nitrogens is 1. The molecule has 0 radical (unpaired) electrons. The molecule has 3 aromatic rings. The molecule has 10 nitrogen and oxygen atoms in total. The molecule has 1 aromatic carbocycles. The van der Waals surface area contributed by atoms with E-state index in [9.17, 15) is 9.59 Å². The number of carbonyl (C=O) groups excluding carboxylic acids is 2. The maximum absolute atomic E-state index is 13.0. The quantitative estimate of drug-likeness (QED) is 0.399. The zero-order chi connectivity index (χ0) is 25.5. The van der Waals surface area contributed by atoms with E-state index in [1.54, 1.807) is 49.1 Å². The summed E-state index contributed by atoms with van der Waals surface area (Å²) >= 11 is 6.23. The van der Waals surface area contributed by atoms with Crippen molar-refractivity contribution < 1.29 is 9.59 Å². The lowest BCUT2D eigenvalue weighted by Gasteiger charge is -2.32. The topological polar surface area (TPSA) is 119 Å². The van der Waals surface area contributed by atoms with E-state index in [4.69, 9.17) is 11.6 Å². The summed E-state index contributed by atoms with van der Waals surface area (Å²) in [7, 11) is 3.87. The van der Waals surface area contributed by atoms with Crippen LogP contribution in [0.25, 0.3) is 11.4 Å². The minimum absolute atomic E-state index is 0.0271. The maximum atomic E-state index is 13.0. The molecule has 1 aliphatic heterocycles. The Balaban J connectivity index is 1.28. The minimum Gasteiger partial charge on any atom is -0.351 e. The van der Waals surface area contributed by atoms with Gasteiger partial charge in [-0.05, 0) is 51.2 Å². The highest BCUT2D eigenvalue weighted by atomic mass is 35.5. The average molecular weight is 509 g/mol. The summed E-state index contributed by atoms with van der Waals surface area (Å²) in [5.74, 6) is 0.254. The van der Waals surface area contributed by atoms with Gasteiger partial charge in [-0.1, -0.05) is 17.7 Å². The molecule has 188 valence electrons. The molecule has 11 heteroatoms. The zero-order valence-corrected chi connectivity index (χ0v) is 21.0. The number of imidazole rings is 1. The number of nitrogens with zero attached hydrogens (tertiary/aromatic N) is 5. The van der Waals surface area contributed by atoms with Crippen molar-refractivity contribution >= 4 is 35.1 Å². The van der Waals surface area contributed by atoms with Gasteiger partial charge in [-0.2, -0.15) is 0 Å². The second-order valence-electron chi connectivity index (χ2n) is 8.79. The van der Waals surface area contributed by atoms with Crippen molar-refractivity contribution in [3.8, 4) is 11.4 Å². The first-order valence-corrected chi connectivity index (χ1v) is 12.1. The average Bonchev–Trinajstić information content (AvgIpc) is 3.40. The SMILES string of the molecule is CN(C)CC=CC(=O)Nc1ccc(C(=O)N2CCC(Nc3ncc(Cl)c(-c4c[nH]cn4)n3)CC2)cc1. The van der Waals surface area contributed by atoms with Crippen LogP contribution in [0.1, 0.15) is 23.2 Å². The molecule has 1 saturated heterocycles. The predicted octanol–water partition coefficient (Wildman–Crippen LogP) is 3.29. The fourth-order valence-corrected chi connectivity index (χ4v) is 4.04. The number of anilines is 2.